The number of hydrogen-bond acceptors (Lipinski definition) is 4. The van der Waals surface area contributed by atoms with Gasteiger partial charge in [0.15, 0.2) is 5.16 Å². The number of hydrogen-bond donors (Lipinski definition) is 2. The van der Waals surface area contributed by atoms with E-state index in [0.717, 1.165) is 23.7 Å². The third kappa shape index (κ3) is 4.35. The number of nitrogens with one attached hydrogen (secondary N) is 2. The molecule has 1 saturated carbocycles. The highest BCUT2D eigenvalue weighted by Crippen LogP contribution is 2.31. The standard InChI is InChI=1S/C15H25N3OS/c1-3-7-11-10-14(19)18-15(17-11)20-13-9-6-4-5-8-12(13)16-2/h10,12-13,16H,3-9H2,1-2H3,(H,17,18,19). The van der Waals surface area contributed by atoms with Crippen molar-refractivity contribution in [2.24, 2.45) is 0 Å². The normalized spacial score (nSPS) is 23.5. The predicted octanol–water partition coefficient (Wildman–Crippen LogP) is 2.74. The Morgan fingerprint density at radius 2 is 2.20 bits per heavy atom. The summed E-state index contributed by atoms with van der Waals surface area (Å²) in [4.78, 5) is 19.2. The Bertz CT molecular complexity index is 474. The fourth-order valence-electron chi connectivity index (χ4n) is 2.81. The summed E-state index contributed by atoms with van der Waals surface area (Å²) in [5.74, 6) is 0. The van der Waals surface area contributed by atoms with Gasteiger partial charge < -0.3 is 10.3 Å². The molecule has 2 N–H and O–H groups in total. The molecule has 0 spiro atoms. The zero-order valence-electron chi connectivity index (χ0n) is 12.4. The van der Waals surface area contributed by atoms with Crippen LogP contribution in [0.4, 0.5) is 0 Å². The first-order valence-electron chi connectivity index (χ1n) is 7.67. The first kappa shape index (κ1) is 15.6. The second kappa shape index (κ2) is 7.84. The van der Waals surface area contributed by atoms with E-state index in [2.05, 4.69) is 22.2 Å². The van der Waals surface area contributed by atoms with Gasteiger partial charge in [-0.15, -0.1) is 0 Å². The zero-order chi connectivity index (χ0) is 14.4. The van der Waals surface area contributed by atoms with Gasteiger partial charge in [0.1, 0.15) is 0 Å². The Kier molecular flexibility index (Phi) is 6.10. The van der Waals surface area contributed by atoms with Crippen LogP contribution in [0.15, 0.2) is 16.0 Å². The average Bonchev–Trinajstić information content (AvgIpc) is 2.63. The van der Waals surface area contributed by atoms with E-state index in [0.29, 0.717) is 11.3 Å². The molecule has 1 fully saturated rings. The van der Waals surface area contributed by atoms with E-state index in [1.165, 1.54) is 32.1 Å². The molecule has 5 heteroatoms. The van der Waals surface area contributed by atoms with Crippen molar-refractivity contribution >= 4 is 11.8 Å². The molecule has 112 valence electrons. The average molecular weight is 295 g/mol. The predicted molar refractivity (Wildman–Crippen MR) is 84.4 cm³/mol. The van der Waals surface area contributed by atoms with Gasteiger partial charge in [-0.2, -0.15) is 0 Å². The van der Waals surface area contributed by atoms with Gasteiger partial charge in [0.25, 0.3) is 5.56 Å². The summed E-state index contributed by atoms with van der Waals surface area (Å²) in [6.45, 7) is 2.11. The minimum atomic E-state index is -0.0272. The Balaban J connectivity index is 2.12. The van der Waals surface area contributed by atoms with Crippen LogP contribution in [0.3, 0.4) is 0 Å². The zero-order valence-corrected chi connectivity index (χ0v) is 13.3. The lowest BCUT2D eigenvalue weighted by Crippen LogP contribution is -2.35. The van der Waals surface area contributed by atoms with Gasteiger partial charge in [-0.1, -0.05) is 44.4 Å². The van der Waals surface area contributed by atoms with Crippen molar-refractivity contribution in [3.05, 3.63) is 22.1 Å². The molecule has 2 rings (SSSR count). The van der Waals surface area contributed by atoms with Gasteiger partial charge in [0, 0.05) is 23.1 Å². The number of aryl methyl sites for hydroxylation is 1. The number of aromatic amines is 1. The molecule has 0 bridgehead atoms. The molecule has 1 aromatic heterocycles. The fourth-order valence-corrected chi connectivity index (χ4v) is 4.15. The van der Waals surface area contributed by atoms with Gasteiger partial charge in [0.05, 0.1) is 0 Å². The molecule has 0 aliphatic heterocycles. The van der Waals surface area contributed by atoms with Crippen LogP contribution in [0.5, 0.6) is 0 Å². The van der Waals surface area contributed by atoms with Crippen molar-refractivity contribution in [2.75, 3.05) is 7.05 Å². The van der Waals surface area contributed by atoms with Crippen molar-refractivity contribution in [1.29, 1.82) is 0 Å². The highest BCUT2D eigenvalue weighted by molar-refractivity contribution is 7.99. The van der Waals surface area contributed by atoms with Crippen LogP contribution in [0, 0.1) is 0 Å². The molecule has 0 aromatic carbocycles. The number of nitrogens with zero attached hydrogens (tertiary/aromatic N) is 1. The van der Waals surface area contributed by atoms with Crippen LogP contribution in [0.1, 0.15) is 51.1 Å². The summed E-state index contributed by atoms with van der Waals surface area (Å²) in [5, 5.41) is 4.72. The summed E-state index contributed by atoms with van der Waals surface area (Å²) < 4.78 is 0. The van der Waals surface area contributed by atoms with E-state index >= 15 is 0 Å². The molecule has 0 radical (unpaired) electrons. The lowest BCUT2D eigenvalue weighted by atomic mass is 10.1. The fraction of sp³-hybridized carbons (Fsp3) is 0.733. The molecular formula is C15H25N3OS. The smallest absolute Gasteiger partial charge is 0.251 e. The van der Waals surface area contributed by atoms with Gasteiger partial charge in [-0.25, -0.2) is 4.98 Å². The van der Waals surface area contributed by atoms with Crippen molar-refractivity contribution in [3.8, 4) is 0 Å². The first-order chi connectivity index (χ1) is 9.72. The molecule has 0 amide bonds. The lowest BCUT2D eigenvalue weighted by Gasteiger charge is -2.23. The molecule has 1 aliphatic rings. The van der Waals surface area contributed by atoms with Gasteiger partial charge >= 0.3 is 0 Å². The number of aromatic nitrogens is 2. The maximum Gasteiger partial charge on any atom is 0.251 e. The maximum absolute atomic E-state index is 11.7. The number of H-pyrrole nitrogens is 1. The van der Waals surface area contributed by atoms with E-state index in [1.54, 1.807) is 17.8 Å². The van der Waals surface area contributed by atoms with Crippen molar-refractivity contribution in [3.63, 3.8) is 0 Å². The molecular weight excluding hydrogens is 270 g/mol. The topological polar surface area (TPSA) is 57.8 Å². The van der Waals surface area contributed by atoms with E-state index < -0.39 is 0 Å². The molecule has 0 saturated heterocycles. The van der Waals surface area contributed by atoms with Crippen molar-refractivity contribution in [2.45, 2.75) is 68.3 Å². The Morgan fingerprint density at radius 1 is 1.40 bits per heavy atom. The van der Waals surface area contributed by atoms with Crippen LogP contribution in [0.25, 0.3) is 0 Å². The van der Waals surface area contributed by atoms with Gasteiger partial charge in [-0.05, 0) is 26.3 Å². The maximum atomic E-state index is 11.7. The van der Waals surface area contributed by atoms with Crippen molar-refractivity contribution in [1.82, 2.24) is 15.3 Å². The molecule has 1 aliphatic carbocycles. The molecule has 1 heterocycles. The van der Waals surface area contributed by atoms with E-state index in [1.807, 2.05) is 7.05 Å². The van der Waals surface area contributed by atoms with Crippen LogP contribution < -0.4 is 10.9 Å². The van der Waals surface area contributed by atoms with E-state index in [4.69, 9.17) is 0 Å². The summed E-state index contributed by atoms with van der Waals surface area (Å²) in [6, 6.07) is 2.14. The molecule has 2 unspecified atom stereocenters. The SMILES string of the molecule is CCCc1cc(=O)[nH]c(SC2CCCCCC2NC)n1. The summed E-state index contributed by atoms with van der Waals surface area (Å²) in [7, 11) is 2.03. The number of thioether (sulfide) groups is 1. The molecule has 4 nitrogen and oxygen atoms in total. The summed E-state index contributed by atoms with van der Waals surface area (Å²) in [6.07, 6.45) is 8.18. The highest BCUT2D eigenvalue weighted by Gasteiger charge is 2.24. The monoisotopic (exact) mass is 295 g/mol. The molecule has 20 heavy (non-hydrogen) atoms. The van der Waals surface area contributed by atoms with Gasteiger partial charge in [-0.3, -0.25) is 4.79 Å². The van der Waals surface area contributed by atoms with Crippen LogP contribution in [0.2, 0.25) is 0 Å². The van der Waals surface area contributed by atoms with Crippen molar-refractivity contribution < 1.29 is 0 Å². The molecule has 1 aromatic rings. The Hall–Kier alpha value is -0.810. The van der Waals surface area contributed by atoms with E-state index in [9.17, 15) is 4.79 Å². The lowest BCUT2D eigenvalue weighted by molar-refractivity contribution is 0.509. The summed E-state index contributed by atoms with van der Waals surface area (Å²) >= 11 is 1.74. The second-order valence-corrected chi connectivity index (χ2v) is 6.71. The third-order valence-corrected chi connectivity index (χ3v) is 5.15. The second-order valence-electron chi connectivity index (χ2n) is 5.48. The van der Waals surface area contributed by atoms with Crippen LogP contribution in [-0.2, 0) is 6.42 Å². The van der Waals surface area contributed by atoms with Crippen LogP contribution >= 0.6 is 11.8 Å². The highest BCUT2D eigenvalue weighted by atomic mass is 32.2. The minimum Gasteiger partial charge on any atom is -0.316 e. The number of rotatable bonds is 5. The Labute approximate surface area is 125 Å². The van der Waals surface area contributed by atoms with Gasteiger partial charge in [0.2, 0.25) is 0 Å². The van der Waals surface area contributed by atoms with E-state index in [-0.39, 0.29) is 5.56 Å². The minimum absolute atomic E-state index is 0.0272. The Morgan fingerprint density at radius 3 is 2.95 bits per heavy atom. The third-order valence-electron chi connectivity index (χ3n) is 3.87. The summed E-state index contributed by atoms with van der Waals surface area (Å²) in [5.41, 5.74) is 0.883. The largest absolute Gasteiger partial charge is 0.316 e. The molecule has 2 atom stereocenters. The first-order valence-corrected chi connectivity index (χ1v) is 8.55. The van der Waals surface area contributed by atoms with Crippen LogP contribution in [-0.4, -0.2) is 28.3 Å². The quantitative estimate of drug-likeness (QED) is 0.648.